The standard InChI is InChI=1S/C17H26N4O2/c1-12-6-3-4-8-14(12)15(20-17(18)23)10-16(22)21-9-5-7-13(21)11-19-2/h3-4,6,8,13,15,19H,5,7,9-11H2,1-2H3,(H3,18,20,23). The summed E-state index contributed by atoms with van der Waals surface area (Å²) in [6.45, 7) is 3.54. The highest BCUT2D eigenvalue weighted by atomic mass is 16.2. The molecule has 3 amide bonds. The molecular weight excluding hydrogens is 292 g/mol. The van der Waals surface area contributed by atoms with Crippen molar-refractivity contribution in [1.29, 1.82) is 0 Å². The van der Waals surface area contributed by atoms with Crippen molar-refractivity contribution in [2.24, 2.45) is 5.73 Å². The Morgan fingerprint density at radius 2 is 2.13 bits per heavy atom. The van der Waals surface area contributed by atoms with E-state index in [0.29, 0.717) is 0 Å². The minimum absolute atomic E-state index is 0.0600. The number of likely N-dealkylation sites (N-methyl/N-ethyl adjacent to an activating group) is 1. The predicted molar refractivity (Wildman–Crippen MR) is 89.9 cm³/mol. The van der Waals surface area contributed by atoms with Crippen LogP contribution in [0.1, 0.15) is 36.4 Å². The first kappa shape index (κ1) is 17.3. The average Bonchev–Trinajstić information content (AvgIpc) is 2.95. The third-order valence-electron chi connectivity index (χ3n) is 4.40. The third-order valence-corrected chi connectivity index (χ3v) is 4.40. The summed E-state index contributed by atoms with van der Waals surface area (Å²) in [5.74, 6) is 0.0600. The van der Waals surface area contributed by atoms with E-state index in [1.807, 2.05) is 43.1 Å². The zero-order valence-corrected chi connectivity index (χ0v) is 13.8. The number of hydrogen-bond donors (Lipinski definition) is 3. The number of benzene rings is 1. The van der Waals surface area contributed by atoms with Gasteiger partial charge in [-0.1, -0.05) is 24.3 Å². The minimum Gasteiger partial charge on any atom is -0.352 e. The topological polar surface area (TPSA) is 87.5 Å². The molecule has 0 saturated carbocycles. The molecule has 6 nitrogen and oxygen atoms in total. The fourth-order valence-electron chi connectivity index (χ4n) is 3.29. The van der Waals surface area contributed by atoms with E-state index in [2.05, 4.69) is 10.6 Å². The first-order valence-electron chi connectivity index (χ1n) is 8.08. The molecule has 126 valence electrons. The Morgan fingerprint density at radius 3 is 2.78 bits per heavy atom. The molecule has 1 aromatic rings. The van der Waals surface area contributed by atoms with E-state index in [0.717, 1.165) is 37.1 Å². The van der Waals surface area contributed by atoms with Crippen LogP contribution in [0.2, 0.25) is 0 Å². The van der Waals surface area contributed by atoms with Gasteiger partial charge in [-0.3, -0.25) is 4.79 Å². The molecule has 6 heteroatoms. The maximum Gasteiger partial charge on any atom is 0.312 e. The molecule has 2 atom stereocenters. The van der Waals surface area contributed by atoms with Gasteiger partial charge >= 0.3 is 6.03 Å². The van der Waals surface area contributed by atoms with Gasteiger partial charge in [0.1, 0.15) is 0 Å². The van der Waals surface area contributed by atoms with Gasteiger partial charge in [-0.25, -0.2) is 4.79 Å². The van der Waals surface area contributed by atoms with E-state index in [1.165, 1.54) is 0 Å². The summed E-state index contributed by atoms with van der Waals surface area (Å²) >= 11 is 0. The zero-order valence-electron chi connectivity index (χ0n) is 13.8. The predicted octanol–water partition coefficient (Wildman–Crippen LogP) is 1.30. The molecule has 2 rings (SSSR count). The van der Waals surface area contributed by atoms with Gasteiger partial charge in [0.25, 0.3) is 0 Å². The van der Waals surface area contributed by atoms with Crippen molar-refractivity contribution >= 4 is 11.9 Å². The lowest BCUT2D eigenvalue weighted by Crippen LogP contribution is -2.43. The fourth-order valence-corrected chi connectivity index (χ4v) is 3.29. The van der Waals surface area contributed by atoms with Gasteiger partial charge < -0.3 is 21.3 Å². The summed E-state index contributed by atoms with van der Waals surface area (Å²) < 4.78 is 0. The van der Waals surface area contributed by atoms with Crippen LogP contribution < -0.4 is 16.4 Å². The molecule has 1 fully saturated rings. The van der Waals surface area contributed by atoms with Crippen LogP contribution in [0, 0.1) is 6.92 Å². The highest BCUT2D eigenvalue weighted by Crippen LogP contribution is 2.24. The van der Waals surface area contributed by atoms with Gasteiger partial charge in [0, 0.05) is 19.1 Å². The van der Waals surface area contributed by atoms with Crippen molar-refractivity contribution in [2.45, 2.75) is 38.3 Å². The molecule has 0 aromatic heterocycles. The van der Waals surface area contributed by atoms with Crippen LogP contribution in [0.4, 0.5) is 4.79 Å². The normalized spacial score (nSPS) is 18.7. The molecule has 0 radical (unpaired) electrons. The molecule has 1 aliphatic rings. The molecule has 4 N–H and O–H groups in total. The summed E-state index contributed by atoms with van der Waals surface area (Å²) in [7, 11) is 1.89. The van der Waals surface area contributed by atoms with Crippen LogP contribution in [-0.4, -0.2) is 43.0 Å². The second kappa shape index (κ2) is 7.97. The van der Waals surface area contributed by atoms with Gasteiger partial charge in [-0.2, -0.15) is 0 Å². The summed E-state index contributed by atoms with van der Waals surface area (Å²) in [6, 6.07) is 6.97. The second-order valence-corrected chi connectivity index (χ2v) is 6.06. The lowest BCUT2D eigenvalue weighted by molar-refractivity contribution is -0.132. The lowest BCUT2D eigenvalue weighted by Gasteiger charge is -2.27. The van der Waals surface area contributed by atoms with Crippen molar-refractivity contribution in [1.82, 2.24) is 15.5 Å². The summed E-state index contributed by atoms with van der Waals surface area (Å²) in [5, 5.41) is 5.85. The Morgan fingerprint density at radius 1 is 1.39 bits per heavy atom. The Balaban J connectivity index is 2.13. The minimum atomic E-state index is -0.612. The van der Waals surface area contributed by atoms with Crippen LogP contribution >= 0.6 is 0 Å². The molecule has 1 saturated heterocycles. The number of nitrogens with one attached hydrogen (secondary N) is 2. The Kier molecular flexibility index (Phi) is 5.98. The number of nitrogens with two attached hydrogens (primary N) is 1. The quantitative estimate of drug-likeness (QED) is 0.739. The molecule has 1 aromatic carbocycles. The van der Waals surface area contributed by atoms with Gasteiger partial charge in [0.15, 0.2) is 0 Å². The lowest BCUT2D eigenvalue weighted by atomic mass is 9.98. The van der Waals surface area contributed by atoms with Gasteiger partial charge in [-0.05, 0) is 37.9 Å². The molecule has 0 bridgehead atoms. The van der Waals surface area contributed by atoms with Crippen LogP contribution in [0.3, 0.4) is 0 Å². The van der Waals surface area contributed by atoms with E-state index in [1.54, 1.807) is 0 Å². The van der Waals surface area contributed by atoms with Crippen molar-refractivity contribution < 1.29 is 9.59 Å². The first-order valence-corrected chi connectivity index (χ1v) is 8.08. The monoisotopic (exact) mass is 318 g/mol. The Hall–Kier alpha value is -2.08. The molecule has 1 heterocycles. The highest BCUT2D eigenvalue weighted by molar-refractivity contribution is 5.79. The number of aryl methyl sites for hydroxylation is 1. The summed E-state index contributed by atoms with van der Waals surface area (Å²) in [4.78, 5) is 26.0. The molecule has 23 heavy (non-hydrogen) atoms. The molecule has 1 aliphatic heterocycles. The maximum atomic E-state index is 12.7. The van der Waals surface area contributed by atoms with Crippen molar-refractivity contribution in [3.63, 3.8) is 0 Å². The van der Waals surface area contributed by atoms with Crippen LogP contribution in [-0.2, 0) is 4.79 Å². The van der Waals surface area contributed by atoms with Crippen molar-refractivity contribution in [3.8, 4) is 0 Å². The highest BCUT2D eigenvalue weighted by Gasteiger charge is 2.30. The third kappa shape index (κ3) is 4.45. The average molecular weight is 318 g/mol. The number of carbonyl (C=O) groups is 2. The Bertz CT molecular complexity index is 561. The number of likely N-dealkylation sites (tertiary alicyclic amines) is 1. The van der Waals surface area contributed by atoms with Gasteiger partial charge in [0.2, 0.25) is 5.91 Å². The largest absolute Gasteiger partial charge is 0.352 e. The number of urea groups is 1. The summed E-state index contributed by atoms with van der Waals surface area (Å²) in [5.41, 5.74) is 7.27. The SMILES string of the molecule is CNCC1CCCN1C(=O)CC(NC(N)=O)c1ccccc1C. The molecule has 0 aliphatic carbocycles. The maximum absolute atomic E-state index is 12.7. The van der Waals surface area contributed by atoms with Crippen LogP contribution in [0.5, 0.6) is 0 Å². The van der Waals surface area contributed by atoms with Crippen molar-refractivity contribution in [2.75, 3.05) is 20.1 Å². The summed E-state index contributed by atoms with van der Waals surface area (Å²) in [6.07, 6.45) is 2.27. The Labute approximate surface area is 137 Å². The van der Waals surface area contributed by atoms with E-state index < -0.39 is 12.1 Å². The first-order chi connectivity index (χ1) is 11.0. The second-order valence-electron chi connectivity index (χ2n) is 6.06. The fraction of sp³-hybridized carbons (Fsp3) is 0.529. The number of hydrogen-bond acceptors (Lipinski definition) is 3. The van der Waals surface area contributed by atoms with Gasteiger partial charge in [0.05, 0.1) is 12.5 Å². The van der Waals surface area contributed by atoms with E-state index in [-0.39, 0.29) is 18.4 Å². The number of primary amides is 1. The zero-order chi connectivity index (χ0) is 16.8. The molecule has 2 unspecified atom stereocenters. The van der Waals surface area contributed by atoms with Crippen LogP contribution in [0.25, 0.3) is 0 Å². The smallest absolute Gasteiger partial charge is 0.312 e. The van der Waals surface area contributed by atoms with E-state index in [4.69, 9.17) is 5.73 Å². The van der Waals surface area contributed by atoms with Gasteiger partial charge in [-0.15, -0.1) is 0 Å². The number of rotatable bonds is 6. The van der Waals surface area contributed by atoms with E-state index in [9.17, 15) is 9.59 Å². The number of nitrogens with zero attached hydrogens (tertiary/aromatic N) is 1. The number of carbonyl (C=O) groups excluding carboxylic acids is 2. The van der Waals surface area contributed by atoms with Crippen LogP contribution in [0.15, 0.2) is 24.3 Å². The molecular formula is C17H26N4O2. The van der Waals surface area contributed by atoms with Crippen molar-refractivity contribution in [3.05, 3.63) is 35.4 Å². The van der Waals surface area contributed by atoms with E-state index >= 15 is 0 Å². The molecule has 0 spiro atoms. The number of amides is 3.